The molecule has 0 spiro atoms. The zero-order valence-corrected chi connectivity index (χ0v) is 29.8. The van der Waals surface area contributed by atoms with Crippen LogP contribution in [0.1, 0.15) is 77.1 Å². The maximum absolute atomic E-state index is 12.9. The normalized spacial score (nSPS) is 16.3. The summed E-state index contributed by atoms with van der Waals surface area (Å²) in [7, 11) is 0. The Bertz CT molecular complexity index is 1240. The van der Waals surface area contributed by atoms with Crippen LogP contribution in [0.4, 0.5) is 4.39 Å². The fourth-order valence-corrected chi connectivity index (χ4v) is 6.78. The molecule has 0 saturated carbocycles. The lowest BCUT2D eigenvalue weighted by molar-refractivity contribution is -0.134. The number of carbonyl (C=O) groups excluding carboxylic acids is 3. The molecular formula is C36H52ClFN4O3S. The van der Waals surface area contributed by atoms with Gasteiger partial charge in [-0.1, -0.05) is 32.4 Å². The first-order valence-corrected chi connectivity index (χ1v) is 18.1. The van der Waals surface area contributed by atoms with Crippen molar-refractivity contribution in [1.29, 1.82) is 0 Å². The summed E-state index contributed by atoms with van der Waals surface area (Å²) < 4.78 is 12.9. The SMILES string of the molecule is CCC(C)(C)N1CCN(C(=O)CCC(=O)c2ccc(F)cc2)CC1.CCC(CC)N1CCN(C(=O)CSc2ccc(Cl)cc2)CC1. The van der Waals surface area contributed by atoms with Crippen molar-refractivity contribution in [1.82, 2.24) is 19.6 Å². The summed E-state index contributed by atoms with van der Waals surface area (Å²) in [5, 5.41) is 0.730. The van der Waals surface area contributed by atoms with E-state index < -0.39 is 0 Å². The fourth-order valence-electron chi connectivity index (χ4n) is 5.85. The fraction of sp³-hybridized carbons (Fsp3) is 0.583. The Balaban J connectivity index is 0.000000251. The molecule has 0 atom stereocenters. The van der Waals surface area contributed by atoms with Gasteiger partial charge in [0.05, 0.1) is 5.75 Å². The van der Waals surface area contributed by atoms with Gasteiger partial charge in [0, 0.05) is 92.3 Å². The second-order valence-electron chi connectivity index (χ2n) is 12.6. The number of thioether (sulfide) groups is 1. The van der Waals surface area contributed by atoms with Crippen LogP contribution in [0.2, 0.25) is 5.02 Å². The summed E-state index contributed by atoms with van der Waals surface area (Å²) in [5.41, 5.74) is 0.618. The highest BCUT2D eigenvalue weighted by Crippen LogP contribution is 2.22. The van der Waals surface area contributed by atoms with E-state index in [1.165, 1.54) is 37.1 Å². The van der Waals surface area contributed by atoms with Gasteiger partial charge in [-0.3, -0.25) is 24.2 Å². The number of benzene rings is 2. The van der Waals surface area contributed by atoms with Crippen molar-refractivity contribution in [2.24, 2.45) is 0 Å². The van der Waals surface area contributed by atoms with E-state index in [1.54, 1.807) is 11.8 Å². The Hall–Kier alpha value is -2.46. The van der Waals surface area contributed by atoms with Gasteiger partial charge in [0.25, 0.3) is 0 Å². The molecule has 2 aliphatic rings. The molecule has 0 N–H and O–H groups in total. The van der Waals surface area contributed by atoms with Crippen molar-refractivity contribution < 1.29 is 18.8 Å². The van der Waals surface area contributed by atoms with E-state index in [0.29, 0.717) is 30.4 Å². The summed E-state index contributed by atoms with van der Waals surface area (Å²) in [6.07, 6.45) is 3.85. The van der Waals surface area contributed by atoms with E-state index in [9.17, 15) is 18.8 Å². The first-order valence-electron chi connectivity index (χ1n) is 16.7. The number of amides is 2. The molecule has 2 aromatic rings. The molecule has 0 radical (unpaired) electrons. The number of ketones is 1. The molecule has 0 aliphatic carbocycles. The monoisotopic (exact) mass is 674 g/mol. The third-order valence-electron chi connectivity index (χ3n) is 9.39. The van der Waals surface area contributed by atoms with Crippen LogP contribution in [-0.4, -0.2) is 107 Å². The molecule has 2 heterocycles. The number of piperazine rings is 2. The van der Waals surface area contributed by atoms with Gasteiger partial charge in [-0.15, -0.1) is 11.8 Å². The smallest absolute Gasteiger partial charge is 0.233 e. The molecule has 0 unspecified atom stereocenters. The summed E-state index contributed by atoms with van der Waals surface area (Å²) >= 11 is 7.45. The van der Waals surface area contributed by atoms with Gasteiger partial charge >= 0.3 is 0 Å². The molecule has 46 heavy (non-hydrogen) atoms. The van der Waals surface area contributed by atoms with Gasteiger partial charge in [0.15, 0.2) is 5.78 Å². The number of hydrogen-bond donors (Lipinski definition) is 0. The summed E-state index contributed by atoms with van der Waals surface area (Å²) in [6, 6.07) is 13.8. The number of hydrogen-bond acceptors (Lipinski definition) is 6. The maximum Gasteiger partial charge on any atom is 0.233 e. The molecule has 0 aromatic heterocycles. The number of halogens is 2. The summed E-state index contributed by atoms with van der Waals surface area (Å²) in [6.45, 7) is 18.0. The Morgan fingerprint density at radius 2 is 1.33 bits per heavy atom. The molecule has 254 valence electrons. The minimum absolute atomic E-state index is 0.0272. The lowest BCUT2D eigenvalue weighted by Gasteiger charge is -2.43. The lowest BCUT2D eigenvalue weighted by atomic mass is 9.98. The van der Waals surface area contributed by atoms with Crippen molar-refractivity contribution >= 4 is 41.0 Å². The van der Waals surface area contributed by atoms with E-state index in [1.807, 2.05) is 34.1 Å². The Morgan fingerprint density at radius 3 is 1.87 bits per heavy atom. The van der Waals surface area contributed by atoms with Crippen LogP contribution in [0.3, 0.4) is 0 Å². The highest BCUT2D eigenvalue weighted by Gasteiger charge is 2.30. The second-order valence-corrected chi connectivity index (χ2v) is 14.1. The van der Waals surface area contributed by atoms with Crippen molar-refractivity contribution in [2.75, 3.05) is 58.1 Å². The van der Waals surface area contributed by atoms with Gasteiger partial charge in [-0.25, -0.2) is 4.39 Å². The predicted octanol–water partition coefficient (Wildman–Crippen LogP) is 6.89. The highest BCUT2D eigenvalue weighted by molar-refractivity contribution is 8.00. The zero-order chi connectivity index (χ0) is 33.7. The van der Waals surface area contributed by atoms with E-state index in [-0.39, 0.29) is 41.8 Å². The molecule has 2 aromatic carbocycles. The number of nitrogens with zero attached hydrogens (tertiary/aromatic N) is 4. The molecule has 2 amide bonds. The van der Waals surface area contributed by atoms with E-state index in [2.05, 4.69) is 44.4 Å². The molecule has 7 nitrogen and oxygen atoms in total. The summed E-state index contributed by atoms with van der Waals surface area (Å²) in [4.78, 5) is 46.6. The van der Waals surface area contributed by atoms with Crippen molar-refractivity contribution in [3.63, 3.8) is 0 Å². The molecule has 10 heteroatoms. The van der Waals surface area contributed by atoms with Crippen LogP contribution in [0.5, 0.6) is 0 Å². The Labute approximate surface area is 284 Å². The number of Topliss-reactive ketones (excluding diaryl/α,β-unsaturated/α-hetero) is 1. The van der Waals surface area contributed by atoms with E-state index >= 15 is 0 Å². The molecule has 4 rings (SSSR count). The summed E-state index contributed by atoms with van der Waals surface area (Å²) in [5.74, 6) is 0.292. The van der Waals surface area contributed by atoms with Gasteiger partial charge in [0.1, 0.15) is 5.82 Å². The first-order chi connectivity index (χ1) is 22.0. The topological polar surface area (TPSA) is 64.2 Å². The molecule has 2 saturated heterocycles. The Morgan fingerprint density at radius 1 is 0.783 bits per heavy atom. The highest BCUT2D eigenvalue weighted by atomic mass is 35.5. The molecule has 2 fully saturated rings. The second kappa shape index (κ2) is 18.8. The minimum Gasteiger partial charge on any atom is -0.340 e. The van der Waals surface area contributed by atoms with E-state index in [0.717, 1.165) is 55.6 Å². The third-order valence-corrected chi connectivity index (χ3v) is 10.6. The van der Waals surface area contributed by atoms with Crippen LogP contribution < -0.4 is 0 Å². The van der Waals surface area contributed by atoms with Crippen LogP contribution in [0, 0.1) is 5.82 Å². The molecule has 0 bridgehead atoms. The lowest BCUT2D eigenvalue weighted by Crippen LogP contribution is -2.55. The van der Waals surface area contributed by atoms with Crippen LogP contribution in [0.15, 0.2) is 53.4 Å². The average molecular weight is 675 g/mol. The first kappa shape index (κ1) is 38.0. The maximum atomic E-state index is 12.9. The van der Waals surface area contributed by atoms with Gasteiger partial charge in [-0.2, -0.15) is 0 Å². The third kappa shape index (κ3) is 11.7. The van der Waals surface area contributed by atoms with Gasteiger partial charge < -0.3 is 9.80 Å². The van der Waals surface area contributed by atoms with Crippen LogP contribution >= 0.6 is 23.4 Å². The van der Waals surface area contributed by atoms with Crippen molar-refractivity contribution in [3.05, 3.63) is 64.9 Å². The van der Waals surface area contributed by atoms with Crippen molar-refractivity contribution in [2.45, 2.75) is 83.2 Å². The van der Waals surface area contributed by atoms with Crippen LogP contribution in [-0.2, 0) is 9.59 Å². The molecular weight excluding hydrogens is 623 g/mol. The molecule has 2 aliphatic heterocycles. The average Bonchev–Trinajstić information content (AvgIpc) is 3.08. The quantitative estimate of drug-likeness (QED) is 0.181. The van der Waals surface area contributed by atoms with E-state index in [4.69, 9.17) is 11.6 Å². The number of rotatable bonds is 12. The van der Waals surface area contributed by atoms with Gasteiger partial charge in [0.2, 0.25) is 11.8 Å². The van der Waals surface area contributed by atoms with Crippen LogP contribution in [0.25, 0.3) is 0 Å². The zero-order valence-electron chi connectivity index (χ0n) is 28.3. The standard InChI is InChI=1S/C19H27FN2O2.C17H25ClN2OS/c1-4-19(2,3)22-13-11-21(12-14-22)18(24)10-9-17(23)15-5-7-16(20)8-6-15;1-3-15(4-2)19-9-11-20(12-10-19)17(21)13-22-16-7-5-14(18)6-8-16/h5-8H,4,9-14H2,1-3H3;5-8,15H,3-4,9-13H2,1-2H3. The largest absolute Gasteiger partial charge is 0.340 e. The predicted molar refractivity (Wildman–Crippen MR) is 187 cm³/mol. The van der Waals surface area contributed by atoms with Gasteiger partial charge in [-0.05, 0) is 81.6 Å². The van der Waals surface area contributed by atoms with Crippen molar-refractivity contribution in [3.8, 4) is 0 Å². The minimum atomic E-state index is -0.365. The Kier molecular flexibility index (Phi) is 15.5. The number of carbonyl (C=O) groups is 3.